The molecule has 2 rings (SSSR count). The highest BCUT2D eigenvalue weighted by Crippen LogP contribution is 2.23. The van der Waals surface area contributed by atoms with Crippen molar-refractivity contribution in [2.75, 3.05) is 7.05 Å². The second-order valence-electron chi connectivity index (χ2n) is 4.52. The third-order valence-corrected chi connectivity index (χ3v) is 3.38. The molecule has 0 aliphatic carbocycles. The standard InChI is InChI=1S/C17H16ClNO/c1-12-7-9-13(10-8-12)15(17(20)19-2)11-14-5-3-4-6-16(14)18/h3-11H,1-2H3,(H,19,20)/b15-11-. The highest BCUT2D eigenvalue weighted by molar-refractivity contribution is 6.33. The first-order chi connectivity index (χ1) is 9.61. The summed E-state index contributed by atoms with van der Waals surface area (Å²) in [6.07, 6.45) is 1.81. The van der Waals surface area contributed by atoms with Gasteiger partial charge >= 0.3 is 0 Å². The zero-order chi connectivity index (χ0) is 14.5. The van der Waals surface area contributed by atoms with E-state index in [1.165, 1.54) is 0 Å². The first-order valence-electron chi connectivity index (χ1n) is 6.37. The number of carbonyl (C=O) groups excluding carboxylic acids is 1. The van der Waals surface area contributed by atoms with E-state index in [9.17, 15) is 4.79 Å². The number of halogens is 1. The average molecular weight is 286 g/mol. The molecule has 0 spiro atoms. The minimum absolute atomic E-state index is 0.131. The van der Waals surface area contributed by atoms with Gasteiger partial charge in [0.25, 0.3) is 5.91 Å². The fourth-order valence-corrected chi connectivity index (χ4v) is 2.09. The molecule has 2 aromatic carbocycles. The predicted octanol–water partition coefficient (Wildman–Crippen LogP) is 3.94. The number of likely N-dealkylation sites (N-methyl/N-ethyl adjacent to an activating group) is 1. The molecule has 0 saturated heterocycles. The fourth-order valence-electron chi connectivity index (χ4n) is 1.90. The van der Waals surface area contributed by atoms with Crippen molar-refractivity contribution in [2.24, 2.45) is 0 Å². The number of benzene rings is 2. The molecule has 0 aliphatic rings. The van der Waals surface area contributed by atoms with Gasteiger partial charge in [0.05, 0.1) is 0 Å². The van der Waals surface area contributed by atoms with Gasteiger partial charge in [0.1, 0.15) is 0 Å². The van der Waals surface area contributed by atoms with Crippen LogP contribution in [0.5, 0.6) is 0 Å². The Kier molecular flexibility index (Phi) is 4.59. The quantitative estimate of drug-likeness (QED) is 0.672. The van der Waals surface area contributed by atoms with Gasteiger partial charge in [-0.05, 0) is 30.2 Å². The lowest BCUT2D eigenvalue weighted by Crippen LogP contribution is -2.19. The van der Waals surface area contributed by atoms with Crippen LogP contribution < -0.4 is 5.32 Å². The van der Waals surface area contributed by atoms with Crippen LogP contribution in [-0.4, -0.2) is 13.0 Å². The molecular formula is C17H16ClNO. The third kappa shape index (κ3) is 3.28. The Morgan fingerprint density at radius 3 is 2.35 bits per heavy atom. The fraction of sp³-hybridized carbons (Fsp3) is 0.118. The third-order valence-electron chi connectivity index (χ3n) is 3.04. The van der Waals surface area contributed by atoms with Crippen LogP contribution in [0.3, 0.4) is 0 Å². The molecule has 0 saturated carbocycles. The van der Waals surface area contributed by atoms with Gasteiger partial charge in [-0.15, -0.1) is 0 Å². The van der Waals surface area contributed by atoms with E-state index < -0.39 is 0 Å². The molecule has 2 aromatic rings. The molecule has 20 heavy (non-hydrogen) atoms. The highest BCUT2D eigenvalue weighted by Gasteiger charge is 2.11. The Morgan fingerprint density at radius 2 is 1.75 bits per heavy atom. The maximum absolute atomic E-state index is 12.1. The summed E-state index contributed by atoms with van der Waals surface area (Å²) in [6, 6.07) is 15.3. The zero-order valence-corrected chi connectivity index (χ0v) is 12.2. The second-order valence-corrected chi connectivity index (χ2v) is 4.93. The molecule has 0 aliphatic heterocycles. The Labute approximate surface area is 124 Å². The van der Waals surface area contributed by atoms with Gasteiger partial charge in [0, 0.05) is 17.6 Å². The summed E-state index contributed by atoms with van der Waals surface area (Å²) in [7, 11) is 1.62. The van der Waals surface area contributed by atoms with Crippen molar-refractivity contribution in [3.8, 4) is 0 Å². The van der Waals surface area contributed by atoms with E-state index in [4.69, 9.17) is 11.6 Å². The topological polar surface area (TPSA) is 29.1 Å². The van der Waals surface area contributed by atoms with Crippen LogP contribution in [0.1, 0.15) is 16.7 Å². The Bertz CT molecular complexity index is 644. The number of aryl methyl sites for hydroxylation is 1. The van der Waals surface area contributed by atoms with E-state index in [-0.39, 0.29) is 5.91 Å². The van der Waals surface area contributed by atoms with E-state index in [1.807, 2.05) is 61.5 Å². The van der Waals surface area contributed by atoms with Crippen LogP contribution in [0, 0.1) is 6.92 Å². The van der Waals surface area contributed by atoms with Crippen molar-refractivity contribution in [1.82, 2.24) is 5.32 Å². The molecule has 0 radical (unpaired) electrons. The normalized spacial score (nSPS) is 11.2. The van der Waals surface area contributed by atoms with E-state index in [0.717, 1.165) is 16.7 Å². The van der Waals surface area contributed by atoms with Crippen molar-refractivity contribution in [3.05, 3.63) is 70.2 Å². The van der Waals surface area contributed by atoms with Crippen LogP contribution >= 0.6 is 11.6 Å². The second kappa shape index (κ2) is 6.40. The molecule has 2 nitrogen and oxygen atoms in total. The van der Waals surface area contributed by atoms with Crippen molar-refractivity contribution >= 4 is 29.2 Å². The Hall–Kier alpha value is -2.06. The molecule has 0 unspecified atom stereocenters. The summed E-state index contributed by atoms with van der Waals surface area (Å²) in [4.78, 5) is 12.1. The highest BCUT2D eigenvalue weighted by atomic mass is 35.5. The maximum atomic E-state index is 12.1. The Morgan fingerprint density at radius 1 is 1.10 bits per heavy atom. The van der Waals surface area contributed by atoms with Gasteiger partial charge in [-0.2, -0.15) is 0 Å². The lowest BCUT2D eigenvalue weighted by atomic mass is 10.0. The molecule has 102 valence electrons. The summed E-state index contributed by atoms with van der Waals surface area (Å²) in [5.41, 5.74) is 3.45. The average Bonchev–Trinajstić information content (AvgIpc) is 2.47. The van der Waals surface area contributed by atoms with Gasteiger partial charge < -0.3 is 5.32 Å². The van der Waals surface area contributed by atoms with Gasteiger partial charge in [-0.25, -0.2) is 0 Å². The molecule has 0 bridgehead atoms. The molecule has 0 aromatic heterocycles. The minimum atomic E-state index is -0.131. The number of carbonyl (C=O) groups is 1. The van der Waals surface area contributed by atoms with Gasteiger partial charge in [-0.3, -0.25) is 4.79 Å². The molecular weight excluding hydrogens is 270 g/mol. The van der Waals surface area contributed by atoms with Crippen LogP contribution in [-0.2, 0) is 4.79 Å². The molecule has 1 amide bonds. The zero-order valence-electron chi connectivity index (χ0n) is 11.5. The summed E-state index contributed by atoms with van der Waals surface area (Å²) < 4.78 is 0. The van der Waals surface area contributed by atoms with E-state index in [0.29, 0.717) is 10.6 Å². The van der Waals surface area contributed by atoms with E-state index in [1.54, 1.807) is 7.05 Å². The summed E-state index contributed by atoms with van der Waals surface area (Å²) in [5.74, 6) is -0.131. The molecule has 0 fully saturated rings. The summed E-state index contributed by atoms with van der Waals surface area (Å²) >= 11 is 6.15. The van der Waals surface area contributed by atoms with Crippen LogP contribution in [0.4, 0.5) is 0 Å². The lowest BCUT2D eigenvalue weighted by Gasteiger charge is -2.08. The predicted molar refractivity (Wildman–Crippen MR) is 84.6 cm³/mol. The molecule has 0 atom stereocenters. The minimum Gasteiger partial charge on any atom is -0.355 e. The van der Waals surface area contributed by atoms with Crippen LogP contribution in [0.2, 0.25) is 5.02 Å². The first kappa shape index (κ1) is 14.4. The smallest absolute Gasteiger partial charge is 0.251 e. The van der Waals surface area contributed by atoms with Crippen LogP contribution in [0.25, 0.3) is 11.6 Å². The van der Waals surface area contributed by atoms with Crippen molar-refractivity contribution in [1.29, 1.82) is 0 Å². The number of hydrogen-bond donors (Lipinski definition) is 1. The van der Waals surface area contributed by atoms with Crippen molar-refractivity contribution in [3.63, 3.8) is 0 Å². The monoisotopic (exact) mass is 285 g/mol. The maximum Gasteiger partial charge on any atom is 0.251 e. The lowest BCUT2D eigenvalue weighted by molar-refractivity contribution is -0.115. The van der Waals surface area contributed by atoms with Crippen LogP contribution in [0.15, 0.2) is 48.5 Å². The van der Waals surface area contributed by atoms with E-state index >= 15 is 0 Å². The number of amides is 1. The summed E-state index contributed by atoms with van der Waals surface area (Å²) in [5, 5.41) is 3.29. The van der Waals surface area contributed by atoms with Gasteiger partial charge in [0.2, 0.25) is 0 Å². The Balaban J connectivity index is 2.51. The van der Waals surface area contributed by atoms with Crippen molar-refractivity contribution in [2.45, 2.75) is 6.92 Å². The first-order valence-corrected chi connectivity index (χ1v) is 6.75. The molecule has 0 heterocycles. The van der Waals surface area contributed by atoms with E-state index in [2.05, 4.69) is 5.32 Å². The SMILES string of the molecule is CNC(=O)/C(=C\c1ccccc1Cl)c1ccc(C)cc1. The number of rotatable bonds is 3. The summed E-state index contributed by atoms with van der Waals surface area (Å²) in [6.45, 7) is 2.02. The molecule has 1 N–H and O–H groups in total. The number of hydrogen-bond acceptors (Lipinski definition) is 1. The van der Waals surface area contributed by atoms with Gasteiger partial charge in [-0.1, -0.05) is 59.6 Å². The largest absolute Gasteiger partial charge is 0.355 e. The van der Waals surface area contributed by atoms with Gasteiger partial charge in [0.15, 0.2) is 0 Å². The molecule has 3 heteroatoms. The number of nitrogens with one attached hydrogen (secondary N) is 1. The van der Waals surface area contributed by atoms with Crippen molar-refractivity contribution < 1.29 is 4.79 Å².